The fraction of sp³-hybridized carbons (Fsp3) is 0.526. The van der Waals surface area contributed by atoms with Gasteiger partial charge in [-0.1, -0.05) is 13.8 Å². The molecule has 0 aromatic carbocycles. The second-order valence-electron chi connectivity index (χ2n) is 7.54. The molecule has 0 unspecified atom stereocenters. The number of piperidine rings is 1. The number of aliphatic hydroxyl groups excluding tert-OH is 1. The van der Waals surface area contributed by atoms with Gasteiger partial charge in [0.05, 0.1) is 24.4 Å². The van der Waals surface area contributed by atoms with E-state index in [1.54, 1.807) is 11.3 Å². The second-order valence-corrected chi connectivity index (χ2v) is 8.51. The van der Waals surface area contributed by atoms with E-state index < -0.39 is 0 Å². The molecule has 0 aliphatic carbocycles. The van der Waals surface area contributed by atoms with E-state index in [1.165, 1.54) is 0 Å². The first-order valence-corrected chi connectivity index (χ1v) is 10.6. The molecule has 3 aromatic heterocycles. The van der Waals surface area contributed by atoms with Gasteiger partial charge in [-0.25, -0.2) is 4.98 Å². The summed E-state index contributed by atoms with van der Waals surface area (Å²) in [7, 11) is 0. The van der Waals surface area contributed by atoms with Crippen LogP contribution in [0.3, 0.4) is 0 Å². The van der Waals surface area contributed by atoms with Gasteiger partial charge in [0.2, 0.25) is 0 Å². The summed E-state index contributed by atoms with van der Waals surface area (Å²) in [4.78, 5) is 10.1. The molecule has 150 valence electrons. The first-order valence-electron chi connectivity index (χ1n) is 9.74. The minimum atomic E-state index is -0.324. The van der Waals surface area contributed by atoms with Crippen LogP contribution in [-0.2, 0) is 6.54 Å². The average molecular weight is 402 g/mol. The van der Waals surface area contributed by atoms with Gasteiger partial charge in [0.15, 0.2) is 5.65 Å². The Morgan fingerprint density at radius 1 is 1.36 bits per heavy atom. The predicted octanol–water partition coefficient (Wildman–Crippen LogP) is 2.30. The third kappa shape index (κ3) is 4.11. The predicted molar refractivity (Wildman–Crippen MR) is 112 cm³/mol. The van der Waals surface area contributed by atoms with Crippen molar-refractivity contribution < 1.29 is 5.11 Å². The lowest BCUT2D eigenvalue weighted by atomic mass is 9.95. The first kappa shape index (κ1) is 19.1. The molecule has 4 rings (SSSR count). The lowest BCUT2D eigenvalue weighted by Crippen LogP contribution is -2.43. The van der Waals surface area contributed by atoms with Crippen LogP contribution in [0.4, 0.5) is 11.6 Å². The molecule has 4 N–H and O–H groups in total. The van der Waals surface area contributed by atoms with E-state index in [-0.39, 0.29) is 12.0 Å². The Hall–Kier alpha value is -2.23. The number of β-amino-alcohol motifs (C(OH)–C–C–N with tert-alkyl or cyclic N) is 1. The number of anilines is 2. The number of thiazole rings is 1. The number of aliphatic hydroxyl groups is 1. The summed E-state index contributed by atoms with van der Waals surface area (Å²) < 4.78 is 1.86. The topological polar surface area (TPSA) is 99.4 Å². The number of fused-ring (bicyclic) bond motifs is 1. The van der Waals surface area contributed by atoms with Crippen LogP contribution in [0.1, 0.15) is 36.6 Å². The van der Waals surface area contributed by atoms with Crippen molar-refractivity contribution in [3.63, 3.8) is 0 Å². The highest BCUT2D eigenvalue weighted by Crippen LogP contribution is 2.25. The number of nitrogens with one attached hydrogen (secondary N) is 3. The SMILES string of the molecule is CC(C)c1cnn2c(NCc3cncs3)cc(NC[C@@H]3CCNC[C@@H]3O)nc12. The van der Waals surface area contributed by atoms with Crippen molar-refractivity contribution in [3.05, 3.63) is 34.4 Å². The van der Waals surface area contributed by atoms with Gasteiger partial charge in [-0.2, -0.15) is 9.61 Å². The molecule has 9 heteroatoms. The molecule has 1 aliphatic heterocycles. The molecule has 1 fully saturated rings. The number of hydrogen-bond acceptors (Lipinski definition) is 8. The number of nitrogens with zero attached hydrogens (tertiary/aromatic N) is 4. The fourth-order valence-electron chi connectivity index (χ4n) is 3.48. The van der Waals surface area contributed by atoms with E-state index >= 15 is 0 Å². The maximum Gasteiger partial charge on any atom is 0.163 e. The summed E-state index contributed by atoms with van der Waals surface area (Å²) in [5.74, 6) is 2.24. The van der Waals surface area contributed by atoms with Gasteiger partial charge in [0.25, 0.3) is 0 Å². The van der Waals surface area contributed by atoms with Crippen LogP contribution in [0.2, 0.25) is 0 Å². The summed E-state index contributed by atoms with van der Waals surface area (Å²) in [6.45, 7) is 7.28. The summed E-state index contributed by atoms with van der Waals surface area (Å²) >= 11 is 1.62. The number of aromatic nitrogens is 4. The van der Waals surface area contributed by atoms with Gasteiger partial charge in [-0.15, -0.1) is 11.3 Å². The molecule has 0 radical (unpaired) electrons. The van der Waals surface area contributed by atoms with Crippen LogP contribution < -0.4 is 16.0 Å². The van der Waals surface area contributed by atoms with Gasteiger partial charge >= 0.3 is 0 Å². The molecule has 28 heavy (non-hydrogen) atoms. The maximum atomic E-state index is 10.2. The van der Waals surface area contributed by atoms with Crippen molar-refractivity contribution in [2.75, 3.05) is 30.3 Å². The smallest absolute Gasteiger partial charge is 0.163 e. The van der Waals surface area contributed by atoms with E-state index in [0.717, 1.165) is 40.7 Å². The van der Waals surface area contributed by atoms with Crippen molar-refractivity contribution in [3.8, 4) is 0 Å². The molecule has 2 atom stereocenters. The number of rotatable bonds is 7. The van der Waals surface area contributed by atoms with Gasteiger partial charge < -0.3 is 21.1 Å². The third-order valence-electron chi connectivity index (χ3n) is 5.18. The Morgan fingerprint density at radius 3 is 3.00 bits per heavy atom. The highest BCUT2D eigenvalue weighted by molar-refractivity contribution is 7.09. The van der Waals surface area contributed by atoms with Crippen LogP contribution in [0.5, 0.6) is 0 Å². The molecule has 0 saturated carbocycles. The van der Waals surface area contributed by atoms with Crippen molar-refractivity contribution in [1.82, 2.24) is 24.9 Å². The third-order valence-corrected chi connectivity index (χ3v) is 5.96. The van der Waals surface area contributed by atoms with E-state index in [4.69, 9.17) is 4.98 Å². The maximum absolute atomic E-state index is 10.2. The van der Waals surface area contributed by atoms with Gasteiger partial charge in [0.1, 0.15) is 11.6 Å². The lowest BCUT2D eigenvalue weighted by Gasteiger charge is -2.28. The van der Waals surface area contributed by atoms with E-state index in [9.17, 15) is 5.11 Å². The zero-order chi connectivity index (χ0) is 19.5. The standard InChI is InChI=1S/C19H27N7OS/c1-12(2)15-9-24-26-18(23-8-14-7-21-11-28-14)5-17(25-19(15)26)22-6-13-3-4-20-10-16(13)27/h5,7,9,11-13,16,20,23,27H,3-4,6,8,10H2,1-2H3,(H,22,25)/t13-,16-/m0/s1. The number of hydrogen-bond donors (Lipinski definition) is 4. The van der Waals surface area contributed by atoms with Crippen LogP contribution >= 0.6 is 11.3 Å². The highest BCUT2D eigenvalue weighted by Gasteiger charge is 2.23. The zero-order valence-corrected chi connectivity index (χ0v) is 17.0. The Balaban J connectivity index is 1.58. The van der Waals surface area contributed by atoms with Crippen molar-refractivity contribution in [1.29, 1.82) is 0 Å². The molecular formula is C19H27N7OS. The molecule has 0 amide bonds. The highest BCUT2D eigenvalue weighted by atomic mass is 32.1. The summed E-state index contributed by atoms with van der Waals surface area (Å²) in [6, 6.07) is 1.98. The van der Waals surface area contributed by atoms with Gasteiger partial charge in [-0.05, 0) is 18.9 Å². The van der Waals surface area contributed by atoms with Gasteiger partial charge in [0, 0.05) is 41.7 Å². The summed E-state index contributed by atoms with van der Waals surface area (Å²) in [6.07, 6.45) is 4.40. The molecule has 1 saturated heterocycles. The minimum absolute atomic E-state index is 0.224. The minimum Gasteiger partial charge on any atom is -0.391 e. The molecule has 0 spiro atoms. The van der Waals surface area contributed by atoms with Crippen LogP contribution in [0.25, 0.3) is 5.65 Å². The molecular weight excluding hydrogens is 374 g/mol. The molecule has 3 aromatic rings. The first-order chi connectivity index (χ1) is 13.6. The average Bonchev–Trinajstić information content (AvgIpc) is 3.35. The fourth-order valence-corrected chi connectivity index (χ4v) is 4.02. The van der Waals surface area contributed by atoms with Crippen molar-refractivity contribution >= 4 is 28.6 Å². The molecule has 8 nitrogen and oxygen atoms in total. The van der Waals surface area contributed by atoms with Crippen molar-refractivity contribution in [2.45, 2.75) is 38.8 Å². The van der Waals surface area contributed by atoms with Crippen molar-refractivity contribution in [2.24, 2.45) is 5.92 Å². The Morgan fingerprint density at radius 2 is 2.25 bits per heavy atom. The van der Waals surface area contributed by atoms with Crippen LogP contribution in [0.15, 0.2) is 24.0 Å². The second kappa shape index (κ2) is 8.42. The largest absolute Gasteiger partial charge is 0.391 e. The van der Waals surface area contributed by atoms with E-state index in [0.29, 0.717) is 25.6 Å². The zero-order valence-electron chi connectivity index (χ0n) is 16.2. The Labute approximate surface area is 168 Å². The Kier molecular flexibility index (Phi) is 5.74. The van der Waals surface area contributed by atoms with Gasteiger partial charge in [-0.3, -0.25) is 4.98 Å². The summed E-state index contributed by atoms with van der Waals surface area (Å²) in [5, 5.41) is 24.9. The lowest BCUT2D eigenvalue weighted by molar-refractivity contribution is 0.0883. The Bertz CT molecular complexity index is 909. The molecule has 0 bridgehead atoms. The summed E-state index contributed by atoms with van der Waals surface area (Å²) in [5.41, 5.74) is 3.81. The molecule has 4 heterocycles. The monoisotopic (exact) mass is 401 g/mol. The quantitative estimate of drug-likeness (QED) is 0.482. The van der Waals surface area contributed by atoms with E-state index in [2.05, 4.69) is 39.9 Å². The van der Waals surface area contributed by atoms with Crippen LogP contribution in [-0.4, -0.2) is 50.4 Å². The van der Waals surface area contributed by atoms with Crippen LogP contribution in [0, 0.1) is 5.92 Å². The van der Waals surface area contributed by atoms with E-state index in [1.807, 2.05) is 28.5 Å². The normalized spacial score (nSPS) is 20.0. The molecule has 1 aliphatic rings.